The summed E-state index contributed by atoms with van der Waals surface area (Å²) >= 11 is 0. The molecule has 0 heterocycles. The van der Waals surface area contributed by atoms with Gasteiger partial charge in [0.15, 0.2) is 0 Å². The van der Waals surface area contributed by atoms with Crippen molar-refractivity contribution in [1.82, 2.24) is 0 Å². The Morgan fingerprint density at radius 1 is 0.950 bits per heavy atom. The van der Waals surface area contributed by atoms with E-state index in [4.69, 9.17) is 0 Å². The molecule has 2 N–H and O–H groups in total. The molecule has 0 aromatic heterocycles. The Hall–Kier alpha value is -2.01. The summed E-state index contributed by atoms with van der Waals surface area (Å²) in [6, 6.07) is 15.2. The van der Waals surface area contributed by atoms with Gasteiger partial charge in [-0.3, -0.25) is 4.72 Å². The van der Waals surface area contributed by atoms with Crippen LogP contribution in [0.15, 0.2) is 48.5 Å². The van der Waals surface area contributed by atoms with Crippen molar-refractivity contribution >= 4 is 27.1 Å². The van der Waals surface area contributed by atoms with Gasteiger partial charge >= 0.3 is 0 Å². The summed E-state index contributed by atoms with van der Waals surface area (Å²) < 4.78 is 25.4. The molecule has 2 aromatic carbocycles. The molecule has 0 saturated heterocycles. The molecule has 0 aliphatic carbocycles. The molecule has 0 amide bonds. The zero-order valence-electron chi connectivity index (χ0n) is 11.6. The summed E-state index contributed by atoms with van der Waals surface area (Å²) in [5.41, 5.74) is 3.67. The lowest BCUT2D eigenvalue weighted by Crippen LogP contribution is -2.14. The summed E-state index contributed by atoms with van der Waals surface area (Å²) in [6.07, 6.45) is 0. The number of hydrogen-bond donors (Lipinski definition) is 2. The topological polar surface area (TPSA) is 58.2 Å². The van der Waals surface area contributed by atoms with Gasteiger partial charge in [0.05, 0.1) is 5.75 Å². The SMILES string of the molecule is CCS(=O)(=O)Nc1ccc(Nc2cccc(C)c2)cc1. The molecular formula is C15H18N2O2S. The lowest BCUT2D eigenvalue weighted by Gasteiger charge is -2.09. The number of sulfonamides is 1. The monoisotopic (exact) mass is 290 g/mol. The lowest BCUT2D eigenvalue weighted by molar-refractivity contribution is 0.602. The molecule has 0 atom stereocenters. The van der Waals surface area contributed by atoms with E-state index >= 15 is 0 Å². The maximum Gasteiger partial charge on any atom is 0.232 e. The van der Waals surface area contributed by atoms with Crippen LogP contribution in [0.4, 0.5) is 17.1 Å². The van der Waals surface area contributed by atoms with Gasteiger partial charge in [0.1, 0.15) is 0 Å². The van der Waals surface area contributed by atoms with Gasteiger partial charge in [-0.25, -0.2) is 8.42 Å². The third-order valence-electron chi connectivity index (χ3n) is 2.85. The minimum atomic E-state index is -3.22. The van der Waals surface area contributed by atoms with Gasteiger partial charge in [-0.05, 0) is 55.8 Å². The molecular weight excluding hydrogens is 272 g/mol. The molecule has 0 fully saturated rings. The second-order valence-corrected chi connectivity index (χ2v) is 6.59. The second-order valence-electron chi connectivity index (χ2n) is 4.58. The van der Waals surface area contributed by atoms with Crippen molar-refractivity contribution in [3.8, 4) is 0 Å². The Balaban J connectivity index is 2.09. The summed E-state index contributed by atoms with van der Waals surface area (Å²) in [5.74, 6) is 0.0658. The second kappa shape index (κ2) is 5.96. The first-order chi connectivity index (χ1) is 9.48. The molecule has 2 rings (SSSR count). The molecule has 20 heavy (non-hydrogen) atoms. The van der Waals surface area contributed by atoms with Gasteiger partial charge in [0.25, 0.3) is 0 Å². The fourth-order valence-electron chi connectivity index (χ4n) is 1.76. The van der Waals surface area contributed by atoms with Gasteiger partial charge in [-0.2, -0.15) is 0 Å². The fourth-order valence-corrected chi connectivity index (χ4v) is 2.40. The average molecular weight is 290 g/mol. The fraction of sp³-hybridized carbons (Fsp3) is 0.200. The van der Waals surface area contributed by atoms with Crippen LogP contribution < -0.4 is 10.0 Å². The van der Waals surface area contributed by atoms with E-state index in [9.17, 15) is 8.42 Å². The third-order valence-corrected chi connectivity index (χ3v) is 4.15. The van der Waals surface area contributed by atoms with Crippen LogP contribution in [0.25, 0.3) is 0 Å². The highest BCUT2D eigenvalue weighted by molar-refractivity contribution is 7.92. The van der Waals surface area contributed by atoms with Crippen molar-refractivity contribution in [1.29, 1.82) is 0 Å². The predicted molar refractivity (Wildman–Crippen MR) is 84.0 cm³/mol. The largest absolute Gasteiger partial charge is 0.356 e. The number of benzene rings is 2. The molecule has 106 valence electrons. The zero-order valence-corrected chi connectivity index (χ0v) is 12.4. The van der Waals surface area contributed by atoms with Crippen molar-refractivity contribution < 1.29 is 8.42 Å². The van der Waals surface area contributed by atoms with Crippen molar-refractivity contribution in [2.45, 2.75) is 13.8 Å². The summed E-state index contributed by atoms with van der Waals surface area (Å²) in [4.78, 5) is 0. The zero-order chi connectivity index (χ0) is 14.6. The van der Waals surface area contributed by atoms with Crippen molar-refractivity contribution in [3.05, 3.63) is 54.1 Å². The highest BCUT2D eigenvalue weighted by atomic mass is 32.2. The molecule has 0 saturated carbocycles. The van der Waals surface area contributed by atoms with E-state index in [1.54, 1.807) is 19.1 Å². The van der Waals surface area contributed by atoms with Gasteiger partial charge in [-0.1, -0.05) is 12.1 Å². The molecule has 0 aliphatic rings. The maximum atomic E-state index is 11.5. The Morgan fingerprint density at radius 2 is 1.60 bits per heavy atom. The van der Waals surface area contributed by atoms with Crippen LogP contribution in [0.5, 0.6) is 0 Å². The van der Waals surface area contributed by atoms with E-state index < -0.39 is 10.0 Å². The van der Waals surface area contributed by atoms with Gasteiger partial charge < -0.3 is 5.32 Å². The quantitative estimate of drug-likeness (QED) is 0.886. The minimum absolute atomic E-state index is 0.0658. The van der Waals surface area contributed by atoms with Crippen LogP contribution in [0.2, 0.25) is 0 Å². The molecule has 0 aliphatic heterocycles. The van der Waals surface area contributed by atoms with E-state index in [1.807, 2.05) is 43.3 Å². The maximum absolute atomic E-state index is 11.5. The number of nitrogens with one attached hydrogen (secondary N) is 2. The molecule has 5 heteroatoms. The van der Waals surface area contributed by atoms with Crippen LogP contribution in [-0.4, -0.2) is 14.2 Å². The van der Waals surface area contributed by atoms with Crippen LogP contribution in [0.3, 0.4) is 0 Å². The first-order valence-corrected chi connectivity index (χ1v) is 8.08. The van der Waals surface area contributed by atoms with Gasteiger partial charge in [0.2, 0.25) is 10.0 Å². The summed E-state index contributed by atoms with van der Waals surface area (Å²) in [5, 5.41) is 3.27. The lowest BCUT2D eigenvalue weighted by atomic mass is 10.2. The Morgan fingerprint density at radius 3 is 2.20 bits per heavy atom. The number of rotatable bonds is 5. The molecule has 0 bridgehead atoms. The smallest absolute Gasteiger partial charge is 0.232 e. The Bertz CT molecular complexity index is 679. The van der Waals surface area contributed by atoms with Crippen molar-refractivity contribution in [2.24, 2.45) is 0 Å². The highest BCUT2D eigenvalue weighted by Crippen LogP contribution is 2.20. The Kier molecular flexibility index (Phi) is 4.29. The number of hydrogen-bond acceptors (Lipinski definition) is 3. The number of anilines is 3. The molecule has 0 spiro atoms. The first-order valence-electron chi connectivity index (χ1n) is 6.43. The van der Waals surface area contributed by atoms with E-state index in [1.165, 1.54) is 5.56 Å². The van der Waals surface area contributed by atoms with E-state index in [0.29, 0.717) is 5.69 Å². The van der Waals surface area contributed by atoms with E-state index in [0.717, 1.165) is 11.4 Å². The minimum Gasteiger partial charge on any atom is -0.356 e. The van der Waals surface area contributed by atoms with Crippen LogP contribution in [0, 0.1) is 6.92 Å². The van der Waals surface area contributed by atoms with Crippen molar-refractivity contribution in [2.75, 3.05) is 15.8 Å². The summed E-state index contributed by atoms with van der Waals surface area (Å²) in [6.45, 7) is 3.64. The molecule has 0 unspecified atom stereocenters. The standard InChI is InChI=1S/C15H18N2O2S/c1-3-20(18,19)17-14-9-7-13(8-10-14)16-15-6-4-5-12(2)11-15/h4-11,16-17H,3H2,1-2H3. The molecule has 4 nitrogen and oxygen atoms in total. The first kappa shape index (κ1) is 14.4. The molecule has 2 aromatic rings. The third kappa shape index (κ3) is 3.99. The van der Waals surface area contributed by atoms with E-state index in [2.05, 4.69) is 10.0 Å². The normalized spacial score (nSPS) is 11.1. The highest BCUT2D eigenvalue weighted by Gasteiger charge is 2.06. The van der Waals surface area contributed by atoms with Crippen LogP contribution in [0.1, 0.15) is 12.5 Å². The predicted octanol–water partition coefficient (Wildman–Crippen LogP) is 3.50. The average Bonchev–Trinajstić information content (AvgIpc) is 2.41. The summed E-state index contributed by atoms with van der Waals surface area (Å²) in [7, 11) is -3.22. The van der Waals surface area contributed by atoms with Gasteiger partial charge in [-0.15, -0.1) is 0 Å². The molecule has 0 radical (unpaired) electrons. The van der Waals surface area contributed by atoms with Crippen molar-refractivity contribution in [3.63, 3.8) is 0 Å². The van der Waals surface area contributed by atoms with Crippen LogP contribution >= 0.6 is 0 Å². The Labute approximate surface area is 119 Å². The van der Waals surface area contributed by atoms with Crippen LogP contribution in [-0.2, 0) is 10.0 Å². The van der Waals surface area contributed by atoms with E-state index in [-0.39, 0.29) is 5.75 Å². The number of aryl methyl sites for hydroxylation is 1. The van der Waals surface area contributed by atoms with Gasteiger partial charge in [0, 0.05) is 17.1 Å².